The summed E-state index contributed by atoms with van der Waals surface area (Å²) < 4.78 is 46.0. The molecule has 1 atom stereocenters. The Morgan fingerprint density at radius 2 is 1.68 bits per heavy atom. The van der Waals surface area contributed by atoms with Crippen LogP contribution in [0.15, 0.2) is 66.2 Å². The first kappa shape index (κ1) is 27.0. The van der Waals surface area contributed by atoms with Crippen molar-refractivity contribution in [1.82, 2.24) is 0 Å². The van der Waals surface area contributed by atoms with Crippen LogP contribution in [0.3, 0.4) is 0 Å². The number of hydrogen-bond acceptors (Lipinski definition) is 4. The van der Waals surface area contributed by atoms with Crippen LogP contribution in [0.2, 0.25) is 0 Å². The largest absolute Gasteiger partial charge is 0.507 e. The van der Waals surface area contributed by atoms with Gasteiger partial charge in [0.05, 0.1) is 24.3 Å². The molecule has 1 saturated heterocycles. The summed E-state index contributed by atoms with van der Waals surface area (Å²) in [5, 5.41) is 11.6. The van der Waals surface area contributed by atoms with Gasteiger partial charge in [0.25, 0.3) is 11.7 Å². The molecule has 5 nitrogen and oxygen atoms in total. The van der Waals surface area contributed by atoms with Gasteiger partial charge in [0.15, 0.2) is 0 Å². The number of benzene rings is 3. The van der Waals surface area contributed by atoms with E-state index in [2.05, 4.69) is 0 Å². The number of carbonyl (C=O) groups excluding carboxylic acids is 2. The fourth-order valence-electron chi connectivity index (χ4n) is 4.81. The minimum atomic E-state index is -4.64. The number of Topliss-reactive ketones (excluding diaryl/α,β-unsaturated/α-hetero) is 1. The van der Waals surface area contributed by atoms with Crippen LogP contribution in [0.4, 0.5) is 18.9 Å². The predicted octanol–water partition coefficient (Wildman–Crippen LogP) is 7.08. The molecule has 198 valence electrons. The van der Waals surface area contributed by atoms with E-state index in [1.54, 1.807) is 44.4 Å². The monoisotopic (exact) mass is 523 g/mol. The van der Waals surface area contributed by atoms with E-state index in [9.17, 15) is 27.9 Å². The second-order valence-corrected chi connectivity index (χ2v) is 9.70. The van der Waals surface area contributed by atoms with Gasteiger partial charge in [-0.2, -0.15) is 13.2 Å². The van der Waals surface area contributed by atoms with Crippen LogP contribution in [-0.4, -0.2) is 23.9 Å². The van der Waals surface area contributed by atoms with Crippen molar-refractivity contribution in [3.8, 4) is 5.75 Å². The molecule has 1 fully saturated rings. The first-order valence-electron chi connectivity index (χ1n) is 12.1. The summed E-state index contributed by atoms with van der Waals surface area (Å²) in [6, 6.07) is 13.6. The van der Waals surface area contributed by atoms with Crippen LogP contribution in [0.25, 0.3) is 5.76 Å². The predicted molar refractivity (Wildman–Crippen MR) is 139 cm³/mol. The van der Waals surface area contributed by atoms with Crippen LogP contribution < -0.4 is 9.64 Å². The van der Waals surface area contributed by atoms with Gasteiger partial charge < -0.3 is 9.84 Å². The molecule has 1 aliphatic rings. The van der Waals surface area contributed by atoms with Crippen LogP contribution in [0.1, 0.15) is 59.2 Å². The Kier molecular flexibility index (Phi) is 7.10. The zero-order valence-corrected chi connectivity index (χ0v) is 21.7. The SMILES string of the molecule is COc1cc(C)c(/C(O)=C2\C(=O)C(=O)N(c3cccc(C(F)(F)F)c3)C2c2cccc(C)c2)cc1C(C)C. The van der Waals surface area contributed by atoms with Crippen molar-refractivity contribution in [2.75, 3.05) is 12.0 Å². The molecule has 1 amide bonds. The smallest absolute Gasteiger partial charge is 0.416 e. The summed E-state index contributed by atoms with van der Waals surface area (Å²) in [5.41, 5.74) is 1.80. The second kappa shape index (κ2) is 10.0. The molecule has 0 radical (unpaired) electrons. The topological polar surface area (TPSA) is 66.8 Å². The van der Waals surface area contributed by atoms with E-state index in [4.69, 9.17) is 4.74 Å². The number of rotatable bonds is 5. The van der Waals surface area contributed by atoms with Gasteiger partial charge in [-0.05, 0) is 66.8 Å². The molecule has 1 unspecified atom stereocenters. The van der Waals surface area contributed by atoms with Crippen LogP contribution in [0.5, 0.6) is 5.75 Å². The summed E-state index contributed by atoms with van der Waals surface area (Å²) in [5.74, 6) is -1.75. The van der Waals surface area contributed by atoms with Crippen molar-refractivity contribution in [1.29, 1.82) is 0 Å². The third kappa shape index (κ3) is 4.78. The molecule has 8 heteroatoms. The number of carbonyl (C=O) groups is 2. The highest BCUT2D eigenvalue weighted by molar-refractivity contribution is 6.51. The number of halogens is 3. The maximum atomic E-state index is 13.5. The summed E-state index contributed by atoms with van der Waals surface area (Å²) in [4.78, 5) is 27.9. The third-order valence-electron chi connectivity index (χ3n) is 6.71. The van der Waals surface area contributed by atoms with Gasteiger partial charge in [-0.1, -0.05) is 49.7 Å². The second-order valence-electron chi connectivity index (χ2n) is 9.70. The summed E-state index contributed by atoms with van der Waals surface area (Å²) >= 11 is 0. The summed E-state index contributed by atoms with van der Waals surface area (Å²) in [6.45, 7) is 7.47. The maximum Gasteiger partial charge on any atom is 0.416 e. The number of aryl methyl sites for hydroxylation is 2. The Morgan fingerprint density at radius 1 is 1.00 bits per heavy atom. The van der Waals surface area contributed by atoms with Crippen LogP contribution in [-0.2, 0) is 15.8 Å². The Balaban J connectivity index is 2.00. The zero-order valence-electron chi connectivity index (χ0n) is 21.7. The standard InChI is InChI=1S/C30H28F3NO4/c1-16(2)22-15-23(18(4)13-24(22)38-5)27(35)25-26(19-9-6-8-17(3)12-19)34(29(37)28(25)36)21-11-7-10-20(14-21)30(31,32)33/h6-16,26,35H,1-5H3/b27-25+. The molecule has 0 bridgehead atoms. The Hall–Kier alpha value is -4.07. The average Bonchev–Trinajstić information content (AvgIpc) is 3.13. The molecule has 0 spiro atoms. The van der Waals surface area contributed by atoms with E-state index >= 15 is 0 Å². The van der Waals surface area contributed by atoms with E-state index in [0.717, 1.165) is 28.2 Å². The molecule has 1 N–H and O–H groups in total. The minimum absolute atomic E-state index is 0.0252. The van der Waals surface area contributed by atoms with Crippen molar-refractivity contribution in [2.24, 2.45) is 0 Å². The Bertz CT molecular complexity index is 1460. The Labute approximate surface area is 219 Å². The number of methoxy groups -OCH3 is 1. The molecular weight excluding hydrogens is 495 g/mol. The lowest BCUT2D eigenvalue weighted by Crippen LogP contribution is -2.29. The summed E-state index contributed by atoms with van der Waals surface area (Å²) in [6.07, 6.45) is -4.64. The lowest BCUT2D eigenvalue weighted by molar-refractivity contribution is -0.137. The van der Waals surface area contributed by atoms with E-state index in [1.807, 2.05) is 26.8 Å². The molecule has 3 aromatic carbocycles. The molecule has 0 aromatic heterocycles. The first-order chi connectivity index (χ1) is 17.8. The molecule has 3 aromatic rings. The van der Waals surface area contributed by atoms with Crippen molar-refractivity contribution < 1.29 is 32.6 Å². The fourth-order valence-corrected chi connectivity index (χ4v) is 4.81. The molecule has 4 rings (SSSR count). The van der Waals surface area contributed by atoms with E-state index in [1.165, 1.54) is 12.1 Å². The molecule has 0 aliphatic carbocycles. The third-order valence-corrected chi connectivity index (χ3v) is 6.71. The number of ether oxygens (including phenoxy) is 1. The molecule has 1 heterocycles. The molecule has 38 heavy (non-hydrogen) atoms. The van der Waals surface area contributed by atoms with Gasteiger partial charge in [0, 0.05) is 11.3 Å². The number of nitrogens with zero attached hydrogens (tertiary/aromatic N) is 1. The number of hydrogen-bond donors (Lipinski definition) is 1. The van der Waals surface area contributed by atoms with Crippen molar-refractivity contribution in [3.63, 3.8) is 0 Å². The highest BCUT2D eigenvalue weighted by atomic mass is 19.4. The molecular formula is C30H28F3NO4. The van der Waals surface area contributed by atoms with E-state index in [-0.39, 0.29) is 17.2 Å². The number of ketones is 1. The van der Waals surface area contributed by atoms with E-state index < -0.39 is 35.2 Å². The van der Waals surface area contributed by atoms with Gasteiger partial charge >= 0.3 is 6.18 Å². The average molecular weight is 524 g/mol. The molecule has 1 aliphatic heterocycles. The maximum absolute atomic E-state index is 13.5. The zero-order chi connectivity index (χ0) is 27.9. The Morgan fingerprint density at radius 3 is 2.29 bits per heavy atom. The quantitative estimate of drug-likeness (QED) is 0.220. The van der Waals surface area contributed by atoms with Crippen molar-refractivity contribution >= 4 is 23.1 Å². The first-order valence-corrected chi connectivity index (χ1v) is 12.1. The lowest BCUT2D eigenvalue weighted by atomic mass is 9.90. The number of amides is 1. The number of anilines is 1. The number of aliphatic hydroxyl groups is 1. The lowest BCUT2D eigenvalue weighted by Gasteiger charge is -2.26. The highest BCUT2D eigenvalue weighted by Gasteiger charge is 2.47. The van der Waals surface area contributed by atoms with Gasteiger partial charge in [-0.25, -0.2) is 0 Å². The van der Waals surface area contributed by atoms with Gasteiger partial charge in [0.2, 0.25) is 0 Å². The fraction of sp³-hybridized carbons (Fsp3) is 0.267. The normalized spacial score (nSPS) is 17.4. The van der Waals surface area contributed by atoms with Crippen molar-refractivity contribution in [2.45, 2.75) is 45.8 Å². The molecule has 0 saturated carbocycles. The van der Waals surface area contributed by atoms with Gasteiger partial charge in [-0.3, -0.25) is 14.5 Å². The van der Waals surface area contributed by atoms with Crippen LogP contribution in [0, 0.1) is 13.8 Å². The number of alkyl halides is 3. The number of aliphatic hydroxyl groups excluding tert-OH is 1. The minimum Gasteiger partial charge on any atom is -0.507 e. The van der Waals surface area contributed by atoms with Gasteiger partial charge in [-0.15, -0.1) is 0 Å². The summed E-state index contributed by atoms with van der Waals surface area (Å²) in [7, 11) is 1.54. The van der Waals surface area contributed by atoms with E-state index in [0.29, 0.717) is 22.4 Å². The van der Waals surface area contributed by atoms with Gasteiger partial charge in [0.1, 0.15) is 11.5 Å². The van der Waals surface area contributed by atoms with Crippen LogP contribution >= 0.6 is 0 Å². The van der Waals surface area contributed by atoms with Crippen molar-refractivity contribution in [3.05, 3.63) is 99.6 Å². The highest BCUT2D eigenvalue weighted by Crippen LogP contribution is 2.44.